The summed E-state index contributed by atoms with van der Waals surface area (Å²) in [7, 11) is 5.69. The highest BCUT2D eigenvalue weighted by Crippen LogP contribution is 2.28. The smallest absolute Gasteiger partial charge is 0.337 e. The van der Waals surface area contributed by atoms with Crippen molar-refractivity contribution in [2.45, 2.75) is 45.3 Å². The van der Waals surface area contributed by atoms with E-state index in [9.17, 15) is 4.79 Å². The average Bonchev–Trinajstić information content (AvgIpc) is 3.19. The summed E-state index contributed by atoms with van der Waals surface area (Å²) in [6.07, 6.45) is 5.60. The zero-order chi connectivity index (χ0) is 24.8. The van der Waals surface area contributed by atoms with Gasteiger partial charge in [0.25, 0.3) is 0 Å². The van der Waals surface area contributed by atoms with Gasteiger partial charge in [0.05, 0.1) is 18.4 Å². The quantitative estimate of drug-likeness (QED) is 0.428. The number of aryl methyl sites for hydroxylation is 2. The van der Waals surface area contributed by atoms with Gasteiger partial charge >= 0.3 is 5.97 Å². The Balaban J connectivity index is 1.40. The molecule has 6 heteroatoms. The summed E-state index contributed by atoms with van der Waals surface area (Å²) < 4.78 is 6.73. The number of ether oxygens (including phenoxy) is 1. The van der Waals surface area contributed by atoms with Gasteiger partial charge in [0, 0.05) is 37.9 Å². The number of aromatic nitrogens is 2. The van der Waals surface area contributed by atoms with Crippen LogP contribution in [0, 0.1) is 12.8 Å². The zero-order valence-corrected chi connectivity index (χ0v) is 21.5. The van der Waals surface area contributed by atoms with E-state index in [1.165, 1.54) is 36.6 Å². The van der Waals surface area contributed by atoms with Crippen LogP contribution >= 0.6 is 0 Å². The number of nitrogens with zero attached hydrogens (tertiary/aromatic N) is 4. The lowest BCUT2D eigenvalue weighted by molar-refractivity contribution is 0.0600. The molecule has 3 aromatic rings. The van der Waals surface area contributed by atoms with E-state index in [1.54, 1.807) is 0 Å². The van der Waals surface area contributed by atoms with Crippen LogP contribution in [0.5, 0.6) is 0 Å². The maximum Gasteiger partial charge on any atom is 0.337 e. The number of hydrogen-bond donors (Lipinski definition) is 0. The van der Waals surface area contributed by atoms with E-state index in [4.69, 9.17) is 4.74 Å². The predicted molar refractivity (Wildman–Crippen MR) is 139 cm³/mol. The SMILES string of the molecule is COC(=O)c1ccc(CN2CCC([C@@H](Cc3ccccc3)N(C)Cc3cn(C)nc3C)CC2)cc1. The van der Waals surface area contributed by atoms with Crippen LogP contribution < -0.4 is 0 Å². The van der Waals surface area contributed by atoms with Gasteiger partial charge in [-0.15, -0.1) is 0 Å². The lowest BCUT2D eigenvalue weighted by Crippen LogP contribution is -2.45. The summed E-state index contributed by atoms with van der Waals surface area (Å²) in [6, 6.07) is 19.2. The van der Waals surface area contributed by atoms with E-state index in [2.05, 4.69) is 65.4 Å². The number of rotatable bonds is 9. The van der Waals surface area contributed by atoms with Crippen LogP contribution in [0.25, 0.3) is 0 Å². The summed E-state index contributed by atoms with van der Waals surface area (Å²) in [5.41, 5.74) is 5.67. The van der Waals surface area contributed by atoms with Crippen molar-refractivity contribution in [3.05, 3.63) is 88.7 Å². The molecule has 186 valence electrons. The van der Waals surface area contributed by atoms with Crippen LogP contribution in [-0.2, 0) is 31.3 Å². The maximum atomic E-state index is 11.7. The summed E-state index contributed by atoms with van der Waals surface area (Å²) in [5.74, 6) is 0.363. The summed E-state index contributed by atoms with van der Waals surface area (Å²) in [4.78, 5) is 16.8. The maximum absolute atomic E-state index is 11.7. The first-order valence-corrected chi connectivity index (χ1v) is 12.6. The molecule has 1 saturated heterocycles. The summed E-state index contributed by atoms with van der Waals surface area (Å²) in [5, 5.41) is 4.55. The molecular weight excluding hydrogens is 436 g/mol. The van der Waals surface area contributed by atoms with E-state index in [1.807, 2.05) is 36.0 Å². The minimum atomic E-state index is -0.285. The highest BCUT2D eigenvalue weighted by atomic mass is 16.5. The molecule has 2 aromatic carbocycles. The van der Waals surface area contributed by atoms with Gasteiger partial charge in [0.15, 0.2) is 0 Å². The van der Waals surface area contributed by atoms with Gasteiger partial charge in [-0.1, -0.05) is 42.5 Å². The van der Waals surface area contributed by atoms with Crippen molar-refractivity contribution in [1.29, 1.82) is 0 Å². The molecule has 4 rings (SSSR count). The van der Waals surface area contributed by atoms with Crippen molar-refractivity contribution in [2.24, 2.45) is 13.0 Å². The number of likely N-dealkylation sites (N-methyl/N-ethyl adjacent to an activating group) is 1. The third kappa shape index (κ3) is 6.59. The van der Waals surface area contributed by atoms with Crippen molar-refractivity contribution < 1.29 is 9.53 Å². The van der Waals surface area contributed by atoms with Crippen LogP contribution in [0.15, 0.2) is 60.8 Å². The first-order valence-electron chi connectivity index (χ1n) is 12.6. The number of methoxy groups -OCH3 is 1. The number of carbonyl (C=O) groups is 1. The van der Waals surface area contributed by atoms with Crippen LogP contribution in [0.3, 0.4) is 0 Å². The minimum Gasteiger partial charge on any atom is -0.465 e. The molecule has 0 unspecified atom stereocenters. The van der Waals surface area contributed by atoms with E-state index in [0.717, 1.165) is 38.3 Å². The zero-order valence-electron chi connectivity index (χ0n) is 21.5. The van der Waals surface area contributed by atoms with Crippen molar-refractivity contribution in [2.75, 3.05) is 27.2 Å². The number of hydrogen-bond acceptors (Lipinski definition) is 5. The van der Waals surface area contributed by atoms with Crippen molar-refractivity contribution in [1.82, 2.24) is 19.6 Å². The Kier molecular flexibility index (Phi) is 8.37. The fourth-order valence-electron chi connectivity index (χ4n) is 5.35. The van der Waals surface area contributed by atoms with E-state index in [0.29, 0.717) is 17.5 Å². The fourth-order valence-corrected chi connectivity index (χ4v) is 5.35. The second-order valence-electron chi connectivity index (χ2n) is 9.89. The molecule has 2 heterocycles. The summed E-state index contributed by atoms with van der Waals surface area (Å²) in [6.45, 7) is 6.13. The van der Waals surface area contributed by atoms with Crippen molar-refractivity contribution in [3.63, 3.8) is 0 Å². The first-order chi connectivity index (χ1) is 16.9. The Morgan fingerprint density at radius 3 is 2.37 bits per heavy atom. The van der Waals surface area contributed by atoms with Crippen LogP contribution in [0.1, 0.15) is 45.6 Å². The molecule has 0 radical (unpaired) electrons. The van der Waals surface area contributed by atoms with Gasteiger partial charge < -0.3 is 4.74 Å². The topological polar surface area (TPSA) is 50.6 Å². The fraction of sp³-hybridized carbons (Fsp3) is 0.448. The van der Waals surface area contributed by atoms with Crippen LogP contribution in [0.2, 0.25) is 0 Å². The van der Waals surface area contributed by atoms with Crippen LogP contribution in [0.4, 0.5) is 0 Å². The van der Waals surface area contributed by atoms with Crippen LogP contribution in [-0.4, -0.2) is 58.8 Å². The minimum absolute atomic E-state index is 0.285. The van der Waals surface area contributed by atoms with Gasteiger partial charge in [-0.25, -0.2) is 4.79 Å². The normalized spacial score (nSPS) is 15.9. The molecule has 1 fully saturated rings. The second-order valence-corrected chi connectivity index (χ2v) is 9.89. The van der Waals surface area contributed by atoms with E-state index >= 15 is 0 Å². The van der Waals surface area contributed by atoms with Gasteiger partial charge in [-0.2, -0.15) is 5.10 Å². The average molecular weight is 475 g/mol. The second kappa shape index (κ2) is 11.6. The third-order valence-electron chi connectivity index (χ3n) is 7.35. The van der Waals surface area contributed by atoms with Gasteiger partial charge in [0.1, 0.15) is 0 Å². The lowest BCUT2D eigenvalue weighted by Gasteiger charge is -2.40. The van der Waals surface area contributed by atoms with Crippen molar-refractivity contribution >= 4 is 5.97 Å². The highest BCUT2D eigenvalue weighted by Gasteiger charge is 2.30. The molecule has 1 aliphatic heterocycles. The largest absolute Gasteiger partial charge is 0.465 e. The highest BCUT2D eigenvalue weighted by molar-refractivity contribution is 5.89. The number of benzene rings is 2. The first kappa shape index (κ1) is 25.1. The Labute approximate surface area is 209 Å². The predicted octanol–water partition coefficient (Wildman–Crippen LogP) is 4.47. The number of likely N-dealkylation sites (tertiary alicyclic amines) is 1. The molecule has 0 N–H and O–H groups in total. The van der Waals surface area contributed by atoms with Gasteiger partial charge in [-0.3, -0.25) is 14.5 Å². The molecule has 0 bridgehead atoms. The molecule has 1 aromatic heterocycles. The molecule has 6 nitrogen and oxygen atoms in total. The van der Waals surface area contributed by atoms with E-state index in [-0.39, 0.29) is 5.97 Å². The van der Waals surface area contributed by atoms with Gasteiger partial charge in [-0.05, 0) is 75.5 Å². The number of esters is 1. The molecule has 0 aliphatic carbocycles. The Hall–Kier alpha value is -2.96. The Morgan fingerprint density at radius 1 is 1.09 bits per heavy atom. The molecule has 0 amide bonds. The number of piperidine rings is 1. The molecule has 1 atom stereocenters. The Morgan fingerprint density at radius 2 is 1.77 bits per heavy atom. The molecule has 35 heavy (non-hydrogen) atoms. The monoisotopic (exact) mass is 474 g/mol. The Bertz CT molecular complexity index is 1090. The standard InChI is InChI=1S/C29H38N4O2/c1-22-27(21-32(3)30-22)20-31(2)28(18-23-8-6-5-7-9-23)25-14-16-33(17-15-25)19-24-10-12-26(13-11-24)29(34)35-4/h5-13,21,25,28H,14-20H2,1-4H3/t28-/m1/s1. The molecule has 0 spiro atoms. The lowest BCUT2D eigenvalue weighted by atomic mass is 9.84. The molecular formula is C29H38N4O2. The summed E-state index contributed by atoms with van der Waals surface area (Å²) >= 11 is 0. The van der Waals surface area contributed by atoms with E-state index < -0.39 is 0 Å². The van der Waals surface area contributed by atoms with Gasteiger partial charge in [0.2, 0.25) is 0 Å². The van der Waals surface area contributed by atoms with Crippen molar-refractivity contribution in [3.8, 4) is 0 Å². The molecule has 0 saturated carbocycles. The number of carbonyl (C=O) groups excluding carboxylic acids is 1. The molecule has 1 aliphatic rings. The third-order valence-corrected chi connectivity index (χ3v) is 7.35.